The molecule has 0 bridgehead atoms. The first-order chi connectivity index (χ1) is 10.8. The fourth-order valence-electron chi connectivity index (χ4n) is 2.50. The van der Waals surface area contributed by atoms with Crippen LogP contribution in [0.1, 0.15) is 19.5 Å². The summed E-state index contributed by atoms with van der Waals surface area (Å²) in [5.41, 5.74) is 0.828. The molecule has 1 aliphatic heterocycles. The summed E-state index contributed by atoms with van der Waals surface area (Å²) in [5, 5.41) is 3.23. The van der Waals surface area contributed by atoms with Gasteiger partial charge in [-0.2, -0.15) is 0 Å². The number of aromatic nitrogens is 1. The number of hydrogen-bond acceptors (Lipinski definition) is 5. The number of pyridine rings is 1. The Kier molecular flexibility index (Phi) is 5.13. The number of methoxy groups -OCH3 is 1. The fourth-order valence-corrected chi connectivity index (χ4v) is 3.86. The molecule has 1 aromatic rings. The van der Waals surface area contributed by atoms with E-state index >= 15 is 0 Å². The maximum absolute atomic E-state index is 12.1. The van der Waals surface area contributed by atoms with Crippen LogP contribution in [0.2, 0.25) is 0 Å². The molecule has 1 aromatic heterocycles. The van der Waals surface area contributed by atoms with E-state index in [-0.39, 0.29) is 5.75 Å². The first-order valence-corrected chi connectivity index (χ1v) is 9.12. The first-order valence-electron chi connectivity index (χ1n) is 7.47. The highest BCUT2D eigenvalue weighted by Crippen LogP contribution is 2.23. The van der Waals surface area contributed by atoms with Gasteiger partial charge in [0.25, 0.3) is 0 Å². The van der Waals surface area contributed by atoms with E-state index in [2.05, 4.69) is 15.3 Å². The first kappa shape index (κ1) is 17.5. The van der Waals surface area contributed by atoms with E-state index in [1.54, 1.807) is 34.1 Å². The lowest BCUT2D eigenvalue weighted by Crippen LogP contribution is -2.57. The summed E-state index contributed by atoms with van der Waals surface area (Å²) >= 11 is 0. The van der Waals surface area contributed by atoms with Crippen LogP contribution in [0.15, 0.2) is 23.2 Å². The maximum atomic E-state index is 12.1. The van der Waals surface area contributed by atoms with E-state index in [9.17, 15) is 8.42 Å². The molecule has 1 N–H and O–H groups in total. The zero-order valence-corrected chi connectivity index (χ0v) is 14.9. The van der Waals surface area contributed by atoms with Gasteiger partial charge in [-0.3, -0.25) is 4.99 Å². The third-order valence-corrected chi connectivity index (χ3v) is 6.51. The molecule has 0 saturated carbocycles. The molecule has 0 aromatic carbocycles. The monoisotopic (exact) mass is 340 g/mol. The van der Waals surface area contributed by atoms with E-state index in [1.165, 1.54) is 0 Å². The molecule has 7 nitrogen and oxygen atoms in total. The van der Waals surface area contributed by atoms with E-state index in [1.807, 2.05) is 17.0 Å². The van der Waals surface area contributed by atoms with E-state index in [0.717, 1.165) is 5.69 Å². The maximum Gasteiger partial charge on any atom is 0.213 e. The summed E-state index contributed by atoms with van der Waals surface area (Å²) in [5.74, 6) is 1.38. The van der Waals surface area contributed by atoms with Crippen molar-refractivity contribution in [3.05, 3.63) is 23.9 Å². The Labute approximate surface area is 137 Å². The van der Waals surface area contributed by atoms with Gasteiger partial charge in [0.05, 0.1) is 29.8 Å². The van der Waals surface area contributed by atoms with Crippen LogP contribution in [0.4, 0.5) is 0 Å². The number of aliphatic imine (C=N–C) groups is 1. The van der Waals surface area contributed by atoms with Crippen LogP contribution < -0.4 is 10.1 Å². The van der Waals surface area contributed by atoms with Crippen molar-refractivity contribution >= 4 is 15.8 Å². The topological polar surface area (TPSA) is 83.9 Å². The van der Waals surface area contributed by atoms with Crippen LogP contribution in [0, 0.1) is 0 Å². The van der Waals surface area contributed by atoms with Crippen LogP contribution in [-0.2, 0) is 16.4 Å². The number of hydrogen-bond donors (Lipinski definition) is 1. The Hall–Kier alpha value is -1.83. The minimum atomic E-state index is -3.07. The van der Waals surface area contributed by atoms with Gasteiger partial charge in [0.15, 0.2) is 15.8 Å². The summed E-state index contributed by atoms with van der Waals surface area (Å²) in [6.07, 6.45) is 0. The highest BCUT2D eigenvalue weighted by atomic mass is 32.2. The van der Waals surface area contributed by atoms with E-state index in [0.29, 0.717) is 31.5 Å². The molecule has 0 spiro atoms. The molecule has 1 saturated heterocycles. The zero-order chi connectivity index (χ0) is 17.1. The van der Waals surface area contributed by atoms with Crippen molar-refractivity contribution < 1.29 is 13.2 Å². The molecule has 2 rings (SSSR count). The van der Waals surface area contributed by atoms with Gasteiger partial charge in [-0.25, -0.2) is 13.4 Å². The third kappa shape index (κ3) is 3.93. The van der Waals surface area contributed by atoms with Crippen molar-refractivity contribution in [2.24, 2.45) is 4.99 Å². The van der Waals surface area contributed by atoms with E-state index < -0.39 is 14.6 Å². The molecule has 1 fully saturated rings. The van der Waals surface area contributed by atoms with Gasteiger partial charge in [0, 0.05) is 26.2 Å². The Morgan fingerprint density at radius 1 is 1.48 bits per heavy atom. The molecule has 23 heavy (non-hydrogen) atoms. The molecule has 1 aliphatic rings. The Balaban J connectivity index is 2.04. The largest absolute Gasteiger partial charge is 0.481 e. The Bertz CT molecular complexity index is 686. The van der Waals surface area contributed by atoms with Crippen LogP contribution in [0.5, 0.6) is 5.88 Å². The van der Waals surface area contributed by atoms with Crippen LogP contribution in [-0.4, -0.2) is 62.0 Å². The summed E-state index contributed by atoms with van der Waals surface area (Å²) in [6.45, 7) is 4.86. The smallest absolute Gasteiger partial charge is 0.213 e. The molecular formula is C15H24N4O3S. The third-order valence-electron chi connectivity index (χ3n) is 3.97. The molecule has 0 unspecified atom stereocenters. The quantitative estimate of drug-likeness (QED) is 0.643. The molecule has 8 heteroatoms. The average Bonchev–Trinajstić information content (AvgIpc) is 2.51. The van der Waals surface area contributed by atoms with Crippen LogP contribution >= 0.6 is 0 Å². The van der Waals surface area contributed by atoms with Gasteiger partial charge in [-0.1, -0.05) is 6.07 Å². The van der Waals surface area contributed by atoms with Gasteiger partial charge >= 0.3 is 0 Å². The average molecular weight is 340 g/mol. The predicted molar refractivity (Wildman–Crippen MR) is 90.4 cm³/mol. The minimum Gasteiger partial charge on any atom is -0.481 e. The molecule has 128 valence electrons. The van der Waals surface area contributed by atoms with Crippen molar-refractivity contribution in [1.29, 1.82) is 0 Å². The van der Waals surface area contributed by atoms with Crippen molar-refractivity contribution in [2.45, 2.75) is 25.1 Å². The summed E-state index contributed by atoms with van der Waals surface area (Å²) < 4.78 is 28.5. The number of rotatable bonds is 3. The number of ether oxygens (including phenoxy) is 1. The number of nitrogens with zero attached hydrogens (tertiary/aromatic N) is 3. The van der Waals surface area contributed by atoms with Gasteiger partial charge in [0.1, 0.15) is 0 Å². The molecule has 2 heterocycles. The zero-order valence-electron chi connectivity index (χ0n) is 14.0. The second-order valence-corrected chi connectivity index (χ2v) is 8.82. The number of sulfone groups is 1. The predicted octanol–water partition coefficient (Wildman–Crippen LogP) is 0.675. The van der Waals surface area contributed by atoms with Crippen molar-refractivity contribution in [1.82, 2.24) is 15.2 Å². The highest BCUT2D eigenvalue weighted by molar-refractivity contribution is 7.92. The van der Waals surface area contributed by atoms with Gasteiger partial charge < -0.3 is 15.0 Å². The molecule has 0 aliphatic carbocycles. The van der Waals surface area contributed by atoms with Crippen LogP contribution in [0.25, 0.3) is 0 Å². The van der Waals surface area contributed by atoms with Crippen molar-refractivity contribution in [2.75, 3.05) is 33.0 Å². The fraction of sp³-hybridized carbons (Fsp3) is 0.600. The van der Waals surface area contributed by atoms with Crippen molar-refractivity contribution in [3.8, 4) is 5.88 Å². The molecule has 0 atom stereocenters. The van der Waals surface area contributed by atoms with Crippen LogP contribution in [0.3, 0.4) is 0 Å². The van der Waals surface area contributed by atoms with Gasteiger partial charge in [0.2, 0.25) is 5.88 Å². The number of guanidine groups is 1. The summed E-state index contributed by atoms with van der Waals surface area (Å²) in [7, 11) is 0.205. The van der Waals surface area contributed by atoms with Gasteiger partial charge in [-0.15, -0.1) is 0 Å². The van der Waals surface area contributed by atoms with E-state index in [4.69, 9.17) is 4.74 Å². The second-order valence-electron chi connectivity index (χ2n) is 6.07. The second kappa shape index (κ2) is 6.74. The molecule has 0 amide bonds. The minimum absolute atomic E-state index is 0.137. The molecular weight excluding hydrogens is 316 g/mol. The summed E-state index contributed by atoms with van der Waals surface area (Å²) in [4.78, 5) is 10.6. The van der Waals surface area contributed by atoms with Crippen molar-refractivity contribution in [3.63, 3.8) is 0 Å². The normalized spacial score (nSPS) is 20.2. The van der Waals surface area contributed by atoms with Gasteiger partial charge in [-0.05, 0) is 19.9 Å². The lowest BCUT2D eigenvalue weighted by Gasteiger charge is -2.39. The summed E-state index contributed by atoms with van der Waals surface area (Å²) in [6, 6.07) is 5.56. The standard InChI is InChI=1S/C15H24N4O3S/c1-15(2)11-19(8-9-23(15,20)21)14(16-3)17-10-12-6-5-7-13(18-12)22-4/h5-7H,8-11H2,1-4H3,(H,16,17). The lowest BCUT2D eigenvalue weighted by atomic mass is 10.2. The SMILES string of the molecule is CN=C(NCc1cccc(OC)n1)N1CCS(=O)(=O)C(C)(C)C1. The molecule has 0 radical (unpaired) electrons. The number of nitrogens with one attached hydrogen (secondary N) is 1. The highest BCUT2D eigenvalue weighted by Gasteiger charge is 2.40. The Morgan fingerprint density at radius 3 is 2.83 bits per heavy atom. The Morgan fingerprint density at radius 2 is 2.22 bits per heavy atom. The lowest BCUT2D eigenvalue weighted by molar-refractivity contribution is 0.353.